The molecule has 0 bridgehead atoms. The van der Waals surface area contributed by atoms with Crippen LogP contribution in [0.25, 0.3) is 0 Å². The summed E-state index contributed by atoms with van der Waals surface area (Å²) in [5.74, 6) is 0.783. The number of rotatable bonds is 5. The molecular weight excluding hydrogens is 368 g/mol. The van der Waals surface area contributed by atoms with Gasteiger partial charge in [0.15, 0.2) is 10.9 Å². The van der Waals surface area contributed by atoms with E-state index in [-0.39, 0.29) is 11.2 Å². The zero-order valence-electron chi connectivity index (χ0n) is 16.3. The van der Waals surface area contributed by atoms with E-state index in [0.717, 1.165) is 11.4 Å². The number of thiocarbonyl (C=S) groups is 1. The van der Waals surface area contributed by atoms with E-state index in [4.69, 9.17) is 16.6 Å². The van der Waals surface area contributed by atoms with Crippen LogP contribution in [0, 0.1) is 0 Å². The molecule has 4 nitrogen and oxygen atoms in total. The molecule has 0 unspecified atom stereocenters. The summed E-state index contributed by atoms with van der Waals surface area (Å²) >= 11 is 5.31. The zero-order chi connectivity index (χ0) is 20.1. The van der Waals surface area contributed by atoms with Gasteiger partial charge in [0, 0.05) is 16.8 Å². The first-order chi connectivity index (χ1) is 13.3. The monoisotopic (exact) mass is 392 g/mol. The topological polar surface area (TPSA) is 54.3 Å². The molecule has 0 spiro atoms. The maximum Gasteiger partial charge on any atom is 0.193 e. The number of hydrogen-bond donors (Lipinski definition) is 2. The summed E-state index contributed by atoms with van der Waals surface area (Å²) in [6.07, 6.45) is 1.62. The highest BCUT2D eigenvalue weighted by Crippen LogP contribution is 2.23. The quantitative estimate of drug-likeness (QED) is 0.456. The summed E-state index contributed by atoms with van der Waals surface area (Å²) in [7, 11) is 0. The molecule has 28 heavy (non-hydrogen) atoms. The van der Waals surface area contributed by atoms with Gasteiger partial charge in [0.25, 0.3) is 0 Å². The van der Waals surface area contributed by atoms with E-state index >= 15 is 0 Å². The average molecular weight is 393 g/mol. The Hall–Kier alpha value is -2.92. The molecule has 5 heteroatoms. The summed E-state index contributed by atoms with van der Waals surface area (Å²) < 4.78 is 5.27. The van der Waals surface area contributed by atoms with Crippen molar-refractivity contribution in [2.75, 3.05) is 5.32 Å². The Morgan fingerprint density at radius 3 is 2.39 bits per heavy atom. The highest BCUT2D eigenvalue weighted by molar-refractivity contribution is 7.80. The first kappa shape index (κ1) is 19.8. The van der Waals surface area contributed by atoms with Crippen molar-refractivity contribution in [2.45, 2.75) is 32.7 Å². The van der Waals surface area contributed by atoms with Gasteiger partial charge >= 0.3 is 0 Å². The van der Waals surface area contributed by atoms with Crippen LogP contribution in [0.1, 0.15) is 48.0 Å². The fourth-order valence-corrected chi connectivity index (χ4v) is 2.97. The smallest absolute Gasteiger partial charge is 0.193 e. The van der Waals surface area contributed by atoms with Crippen molar-refractivity contribution < 1.29 is 9.21 Å². The second-order valence-corrected chi connectivity index (χ2v) is 8.03. The molecule has 2 N–H and O–H groups in total. The number of hydrogen-bond acceptors (Lipinski definition) is 3. The van der Waals surface area contributed by atoms with E-state index in [1.165, 1.54) is 5.56 Å². The van der Waals surface area contributed by atoms with Crippen LogP contribution in [0.15, 0.2) is 71.3 Å². The van der Waals surface area contributed by atoms with Gasteiger partial charge < -0.3 is 15.1 Å². The molecule has 0 amide bonds. The van der Waals surface area contributed by atoms with Gasteiger partial charge in [-0.25, -0.2) is 0 Å². The third kappa shape index (κ3) is 5.08. The van der Waals surface area contributed by atoms with Crippen molar-refractivity contribution in [3.05, 3.63) is 89.4 Å². The molecule has 3 aromatic rings. The van der Waals surface area contributed by atoms with Crippen molar-refractivity contribution in [2.24, 2.45) is 0 Å². The van der Waals surface area contributed by atoms with Gasteiger partial charge in [-0.05, 0) is 47.5 Å². The lowest BCUT2D eigenvalue weighted by Crippen LogP contribution is -2.27. The Morgan fingerprint density at radius 1 is 1.00 bits per heavy atom. The number of furan rings is 1. The van der Waals surface area contributed by atoms with Crippen LogP contribution >= 0.6 is 12.2 Å². The van der Waals surface area contributed by atoms with Gasteiger partial charge in [0.05, 0.1) is 12.8 Å². The summed E-state index contributed by atoms with van der Waals surface area (Å²) in [4.78, 5) is 12.8. The first-order valence-electron chi connectivity index (χ1n) is 9.15. The molecule has 0 fully saturated rings. The van der Waals surface area contributed by atoms with E-state index < -0.39 is 0 Å². The number of nitrogens with one attached hydrogen (secondary N) is 2. The van der Waals surface area contributed by atoms with Gasteiger partial charge in [-0.2, -0.15) is 0 Å². The fraction of sp³-hybridized carbons (Fsp3) is 0.217. The first-order valence-corrected chi connectivity index (χ1v) is 9.56. The largest absolute Gasteiger partial charge is 0.467 e. The highest BCUT2D eigenvalue weighted by Gasteiger charge is 2.15. The predicted molar refractivity (Wildman–Crippen MR) is 117 cm³/mol. The molecule has 1 aromatic heterocycles. The SMILES string of the molecule is CC(C)(C)c1ccc(C(=O)c2cccc(NC(=S)NCc3ccco3)c2)cc1. The second kappa shape index (κ2) is 8.40. The van der Waals surface area contributed by atoms with Gasteiger partial charge in [0.1, 0.15) is 5.76 Å². The lowest BCUT2D eigenvalue weighted by molar-refractivity contribution is 0.103. The van der Waals surface area contributed by atoms with Crippen molar-refractivity contribution in [1.29, 1.82) is 0 Å². The maximum absolute atomic E-state index is 12.8. The molecule has 0 atom stereocenters. The van der Waals surface area contributed by atoms with Crippen molar-refractivity contribution in [3.8, 4) is 0 Å². The molecule has 0 aliphatic rings. The van der Waals surface area contributed by atoms with Crippen LogP contribution in [0.3, 0.4) is 0 Å². The molecule has 0 radical (unpaired) electrons. The van der Waals surface area contributed by atoms with E-state index in [1.807, 2.05) is 54.6 Å². The average Bonchev–Trinajstić information content (AvgIpc) is 3.19. The minimum atomic E-state index is -0.0152. The van der Waals surface area contributed by atoms with E-state index in [1.54, 1.807) is 12.3 Å². The van der Waals surface area contributed by atoms with E-state index in [9.17, 15) is 4.79 Å². The normalized spacial score (nSPS) is 11.1. The van der Waals surface area contributed by atoms with Crippen LogP contribution in [-0.2, 0) is 12.0 Å². The predicted octanol–water partition coefficient (Wildman–Crippen LogP) is 5.29. The highest BCUT2D eigenvalue weighted by atomic mass is 32.1. The van der Waals surface area contributed by atoms with Crippen molar-refractivity contribution in [3.63, 3.8) is 0 Å². The van der Waals surface area contributed by atoms with E-state index in [0.29, 0.717) is 22.8 Å². The Morgan fingerprint density at radius 2 is 1.75 bits per heavy atom. The zero-order valence-corrected chi connectivity index (χ0v) is 17.1. The van der Waals surface area contributed by atoms with Gasteiger partial charge in [-0.3, -0.25) is 4.79 Å². The number of benzene rings is 2. The van der Waals surface area contributed by atoms with Gasteiger partial charge in [-0.1, -0.05) is 57.2 Å². The Kier molecular flexibility index (Phi) is 5.95. The van der Waals surface area contributed by atoms with Crippen LogP contribution in [0.5, 0.6) is 0 Å². The van der Waals surface area contributed by atoms with Crippen molar-refractivity contribution in [1.82, 2.24) is 5.32 Å². The minimum absolute atomic E-state index is 0.0152. The Labute approximate surface area is 171 Å². The summed E-state index contributed by atoms with van der Waals surface area (Å²) in [5.41, 5.74) is 3.30. The molecule has 144 valence electrons. The van der Waals surface area contributed by atoms with Crippen molar-refractivity contribution >= 4 is 28.8 Å². The molecule has 0 saturated carbocycles. The third-order valence-electron chi connectivity index (χ3n) is 4.40. The fourth-order valence-electron chi connectivity index (χ4n) is 2.78. The van der Waals surface area contributed by atoms with E-state index in [2.05, 4.69) is 31.4 Å². The molecule has 2 aromatic carbocycles. The second-order valence-electron chi connectivity index (χ2n) is 7.62. The number of ketones is 1. The van der Waals surface area contributed by atoms with Crippen LogP contribution in [0.4, 0.5) is 5.69 Å². The molecule has 0 saturated heterocycles. The number of anilines is 1. The number of carbonyl (C=O) groups is 1. The van der Waals surface area contributed by atoms with Gasteiger partial charge in [0.2, 0.25) is 0 Å². The lowest BCUT2D eigenvalue weighted by Gasteiger charge is -2.19. The maximum atomic E-state index is 12.8. The third-order valence-corrected chi connectivity index (χ3v) is 4.65. The van der Waals surface area contributed by atoms with Crippen LogP contribution in [0.2, 0.25) is 0 Å². The lowest BCUT2D eigenvalue weighted by atomic mass is 9.86. The minimum Gasteiger partial charge on any atom is -0.467 e. The molecule has 0 aliphatic carbocycles. The number of carbonyl (C=O) groups excluding carboxylic acids is 1. The van der Waals surface area contributed by atoms with Gasteiger partial charge in [-0.15, -0.1) is 0 Å². The Bertz CT molecular complexity index is 955. The molecular formula is C23H24N2O2S. The van der Waals surface area contributed by atoms with Crippen LogP contribution in [-0.4, -0.2) is 10.9 Å². The summed E-state index contributed by atoms with van der Waals surface area (Å²) in [6, 6.07) is 18.8. The summed E-state index contributed by atoms with van der Waals surface area (Å²) in [5, 5.41) is 6.65. The Balaban J connectivity index is 1.66. The summed E-state index contributed by atoms with van der Waals surface area (Å²) in [6.45, 7) is 6.96. The van der Waals surface area contributed by atoms with Crippen LogP contribution < -0.4 is 10.6 Å². The molecule has 1 heterocycles. The standard InChI is InChI=1S/C23H24N2O2S/c1-23(2,3)18-11-9-16(10-12-18)21(26)17-6-4-7-19(14-17)25-22(28)24-15-20-8-5-13-27-20/h4-14H,15H2,1-3H3,(H2,24,25,28). The molecule has 0 aliphatic heterocycles. The molecule has 3 rings (SSSR count).